The molecule has 3 fully saturated rings. The zero-order chi connectivity index (χ0) is 31.3. The monoisotopic (exact) mass is 669 g/mol. The quantitative estimate of drug-likeness (QED) is 0.299. The molecule has 0 spiro atoms. The third-order valence-corrected chi connectivity index (χ3v) is 11.3. The Labute approximate surface area is 287 Å². The molecule has 1 aliphatic carbocycles. The molecule has 3 aliphatic heterocycles. The SMILES string of the molecule is CCN(CC)C(=O)N(C1CCCCC1)C1CC2CCC(C1)N2C(=O)[C@@H](Cc1ccc(Cl)cc1)NC[C@H]1Cc2ccccc2CN1.Cl. The van der Waals surface area contributed by atoms with E-state index in [4.69, 9.17) is 11.6 Å². The normalized spacial score (nSPS) is 24.9. The van der Waals surface area contributed by atoms with Gasteiger partial charge in [-0.3, -0.25) is 4.79 Å². The molecule has 9 heteroatoms. The van der Waals surface area contributed by atoms with Crippen molar-refractivity contribution in [3.05, 3.63) is 70.2 Å². The molecule has 2 N–H and O–H groups in total. The van der Waals surface area contributed by atoms with E-state index >= 15 is 0 Å². The van der Waals surface area contributed by atoms with Crippen molar-refractivity contribution in [2.24, 2.45) is 0 Å². The van der Waals surface area contributed by atoms with Crippen molar-refractivity contribution in [1.29, 1.82) is 0 Å². The maximum absolute atomic E-state index is 14.5. The fourth-order valence-corrected chi connectivity index (χ4v) is 8.72. The molecule has 1 saturated carbocycles. The molecule has 3 heterocycles. The minimum Gasteiger partial charge on any atom is -0.335 e. The molecule has 2 aromatic carbocycles. The van der Waals surface area contributed by atoms with Gasteiger partial charge in [-0.25, -0.2) is 4.79 Å². The number of nitrogens with zero attached hydrogens (tertiary/aromatic N) is 3. The van der Waals surface area contributed by atoms with Crippen LogP contribution in [0.25, 0.3) is 0 Å². The molecule has 7 nitrogen and oxygen atoms in total. The Morgan fingerprint density at radius 2 is 1.57 bits per heavy atom. The van der Waals surface area contributed by atoms with Crippen molar-refractivity contribution in [3.8, 4) is 0 Å². The Balaban J connectivity index is 0.00000417. The van der Waals surface area contributed by atoms with Gasteiger partial charge in [-0.1, -0.05) is 67.3 Å². The number of piperidine rings is 1. The molecular formula is C37H53Cl2N5O2. The lowest BCUT2D eigenvalue weighted by atomic mass is 9.89. The number of hydrogen-bond donors (Lipinski definition) is 2. The molecule has 2 saturated heterocycles. The van der Waals surface area contributed by atoms with Gasteiger partial charge in [0.1, 0.15) is 0 Å². The summed E-state index contributed by atoms with van der Waals surface area (Å²) in [6.45, 7) is 7.24. The standard InChI is InChI=1S/C37H52ClN5O2.ClH/c1-3-41(4-2)37(45)43(31-12-6-5-7-13-31)34-22-32-18-19-33(23-34)42(32)36(44)35(20-26-14-16-29(38)17-15-26)40-25-30-21-27-10-8-9-11-28(27)24-39-30;/h8-11,14-17,30-35,39-40H,3-7,12-13,18-25H2,1-2H3;1H/t30-,32?,33?,34?,35-;/m1./s1. The van der Waals surface area contributed by atoms with E-state index in [9.17, 15) is 9.59 Å². The molecule has 2 bridgehead atoms. The van der Waals surface area contributed by atoms with Gasteiger partial charge in [-0.05, 0) is 94.0 Å². The average molecular weight is 671 g/mol. The summed E-state index contributed by atoms with van der Waals surface area (Å²) in [5.41, 5.74) is 3.87. The van der Waals surface area contributed by atoms with Crippen LogP contribution in [-0.4, -0.2) is 82.5 Å². The molecule has 2 aromatic rings. The molecular weight excluding hydrogens is 617 g/mol. The summed E-state index contributed by atoms with van der Waals surface area (Å²) >= 11 is 6.21. The zero-order valence-corrected chi connectivity index (χ0v) is 29.2. The Morgan fingerprint density at radius 1 is 0.913 bits per heavy atom. The predicted molar refractivity (Wildman–Crippen MR) is 189 cm³/mol. The Hall–Kier alpha value is -2.32. The topological polar surface area (TPSA) is 67.9 Å². The molecule has 0 radical (unpaired) electrons. The van der Waals surface area contributed by atoms with Crippen molar-refractivity contribution in [3.63, 3.8) is 0 Å². The second kappa shape index (κ2) is 16.2. The van der Waals surface area contributed by atoms with Gasteiger partial charge in [0.15, 0.2) is 0 Å². The molecule has 46 heavy (non-hydrogen) atoms. The van der Waals surface area contributed by atoms with Gasteiger partial charge in [0.2, 0.25) is 5.91 Å². The van der Waals surface area contributed by atoms with E-state index in [1.165, 1.54) is 30.4 Å². The number of carbonyl (C=O) groups is 2. The van der Waals surface area contributed by atoms with Crippen LogP contribution in [-0.2, 0) is 24.2 Å². The number of fused-ring (bicyclic) bond motifs is 3. The van der Waals surface area contributed by atoms with Crippen molar-refractivity contribution >= 4 is 35.9 Å². The maximum Gasteiger partial charge on any atom is 0.320 e. The van der Waals surface area contributed by atoms with Crippen molar-refractivity contribution < 1.29 is 9.59 Å². The molecule has 3 amide bonds. The van der Waals surface area contributed by atoms with Crippen LogP contribution in [0.15, 0.2) is 48.5 Å². The average Bonchev–Trinajstić information content (AvgIpc) is 3.33. The number of rotatable bonds is 10. The van der Waals surface area contributed by atoms with E-state index in [0.29, 0.717) is 17.5 Å². The van der Waals surface area contributed by atoms with Crippen LogP contribution in [0.4, 0.5) is 4.79 Å². The predicted octanol–water partition coefficient (Wildman–Crippen LogP) is 6.60. The molecule has 252 valence electrons. The smallest absolute Gasteiger partial charge is 0.320 e. The molecule has 6 rings (SSSR count). The molecule has 4 aliphatic rings. The summed E-state index contributed by atoms with van der Waals surface area (Å²) in [6.07, 6.45) is 11.3. The lowest BCUT2D eigenvalue weighted by Gasteiger charge is -2.48. The fourth-order valence-electron chi connectivity index (χ4n) is 8.60. The minimum absolute atomic E-state index is 0. The number of nitrogens with one attached hydrogen (secondary N) is 2. The van der Waals surface area contributed by atoms with Gasteiger partial charge in [0.25, 0.3) is 0 Å². The Morgan fingerprint density at radius 3 is 2.22 bits per heavy atom. The first-order valence-corrected chi connectivity index (χ1v) is 18.0. The van der Waals surface area contributed by atoms with Crippen LogP contribution < -0.4 is 10.6 Å². The first-order valence-electron chi connectivity index (χ1n) is 17.6. The van der Waals surface area contributed by atoms with E-state index in [-0.39, 0.29) is 54.6 Å². The third kappa shape index (κ3) is 7.86. The van der Waals surface area contributed by atoms with Crippen molar-refractivity contribution in [2.45, 2.75) is 127 Å². The highest BCUT2D eigenvalue weighted by Crippen LogP contribution is 2.40. The van der Waals surface area contributed by atoms with Crippen LogP contribution in [0, 0.1) is 0 Å². The van der Waals surface area contributed by atoms with Gasteiger partial charge < -0.3 is 25.3 Å². The highest BCUT2D eigenvalue weighted by atomic mass is 35.5. The van der Waals surface area contributed by atoms with Gasteiger partial charge in [0.05, 0.1) is 6.04 Å². The lowest BCUT2D eigenvalue weighted by Crippen LogP contribution is -2.61. The van der Waals surface area contributed by atoms with E-state index < -0.39 is 0 Å². The Bertz CT molecular complexity index is 1280. The first-order chi connectivity index (χ1) is 21.9. The number of urea groups is 1. The number of halogens is 2. The zero-order valence-electron chi connectivity index (χ0n) is 27.6. The number of hydrogen-bond acceptors (Lipinski definition) is 4. The summed E-state index contributed by atoms with van der Waals surface area (Å²) in [5.74, 6) is 0.214. The van der Waals surface area contributed by atoms with E-state index in [2.05, 4.69) is 58.5 Å². The highest BCUT2D eigenvalue weighted by Gasteiger charge is 2.48. The highest BCUT2D eigenvalue weighted by molar-refractivity contribution is 6.30. The second-order valence-electron chi connectivity index (χ2n) is 13.8. The van der Waals surface area contributed by atoms with Gasteiger partial charge >= 0.3 is 6.03 Å². The fraction of sp³-hybridized carbons (Fsp3) is 0.622. The summed E-state index contributed by atoms with van der Waals surface area (Å²) in [6, 6.07) is 17.6. The maximum atomic E-state index is 14.5. The van der Waals surface area contributed by atoms with Crippen molar-refractivity contribution in [2.75, 3.05) is 19.6 Å². The molecule has 0 aromatic heterocycles. The number of benzene rings is 2. The van der Waals surface area contributed by atoms with Crippen LogP contribution in [0.3, 0.4) is 0 Å². The van der Waals surface area contributed by atoms with E-state index in [0.717, 1.165) is 76.7 Å². The summed E-state index contributed by atoms with van der Waals surface area (Å²) < 4.78 is 0. The summed E-state index contributed by atoms with van der Waals surface area (Å²) in [7, 11) is 0. The van der Waals surface area contributed by atoms with Crippen LogP contribution in [0.2, 0.25) is 5.02 Å². The minimum atomic E-state index is -0.309. The summed E-state index contributed by atoms with van der Waals surface area (Å²) in [4.78, 5) is 35.0. The van der Waals surface area contributed by atoms with Gasteiger partial charge in [0, 0.05) is 61.4 Å². The first kappa shape index (κ1) is 35.0. The number of amides is 3. The van der Waals surface area contributed by atoms with E-state index in [1.54, 1.807) is 0 Å². The van der Waals surface area contributed by atoms with Crippen LogP contribution in [0.5, 0.6) is 0 Å². The third-order valence-electron chi connectivity index (χ3n) is 11.0. The Kier molecular flexibility index (Phi) is 12.3. The summed E-state index contributed by atoms with van der Waals surface area (Å²) in [5, 5.41) is 8.12. The van der Waals surface area contributed by atoms with Crippen LogP contribution >= 0.6 is 24.0 Å². The van der Waals surface area contributed by atoms with E-state index in [1.807, 2.05) is 29.2 Å². The largest absolute Gasteiger partial charge is 0.335 e. The molecule has 4 atom stereocenters. The molecule has 2 unspecified atom stereocenters. The van der Waals surface area contributed by atoms with Gasteiger partial charge in [-0.2, -0.15) is 0 Å². The van der Waals surface area contributed by atoms with Gasteiger partial charge in [-0.15, -0.1) is 12.4 Å². The number of carbonyl (C=O) groups excluding carboxylic acids is 2. The van der Waals surface area contributed by atoms with Crippen molar-refractivity contribution in [1.82, 2.24) is 25.3 Å². The van der Waals surface area contributed by atoms with Crippen LogP contribution in [0.1, 0.15) is 88.3 Å². The lowest BCUT2D eigenvalue weighted by molar-refractivity contribution is -0.139. The second-order valence-corrected chi connectivity index (χ2v) is 14.2.